The number of nitrogens with zero attached hydrogens (tertiary/aromatic N) is 3. The number of halogens is 1. The molecule has 1 saturated heterocycles. The minimum absolute atomic E-state index is 0.128. The molecule has 1 aliphatic heterocycles. The number of carboxylic acid groups (broad SMARTS) is 1. The third-order valence-electron chi connectivity index (χ3n) is 5.91. The highest BCUT2D eigenvalue weighted by molar-refractivity contribution is 6.30. The maximum absolute atomic E-state index is 13.2. The van der Waals surface area contributed by atoms with Gasteiger partial charge in [0, 0.05) is 18.1 Å². The first kappa shape index (κ1) is 18.0. The Hall–Kier alpha value is -2.34. The molecule has 0 atom stereocenters. The van der Waals surface area contributed by atoms with Gasteiger partial charge in [-0.25, -0.2) is 4.79 Å². The van der Waals surface area contributed by atoms with Gasteiger partial charge in [-0.2, -0.15) is 5.10 Å². The summed E-state index contributed by atoms with van der Waals surface area (Å²) in [4.78, 5) is 26.3. The van der Waals surface area contributed by atoms with E-state index in [4.69, 9.17) is 11.6 Å². The molecule has 27 heavy (non-hydrogen) atoms. The first-order valence-corrected chi connectivity index (χ1v) is 9.63. The quantitative estimate of drug-likeness (QED) is 0.871. The second-order valence-corrected chi connectivity index (χ2v) is 7.95. The average molecular weight is 388 g/mol. The van der Waals surface area contributed by atoms with Crippen molar-refractivity contribution in [1.82, 2.24) is 14.7 Å². The Morgan fingerprint density at radius 3 is 2.52 bits per heavy atom. The third-order valence-corrected chi connectivity index (χ3v) is 6.14. The Morgan fingerprint density at radius 2 is 1.96 bits per heavy atom. The number of hydrogen-bond acceptors (Lipinski definition) is 3. The Morgan fingerprint density at radius 1 is 1.26 bits per heavy atom. The van der Waals surface area contributed by atoms with Crippen LogP contribution in [0.1, 0.15) is 53.3 Å². The first-order chi connectivity index (χ1) is 12.9. The molecule has 0 bridgehead atoms. The van der Waals surface area contributed by atoms with Crippen molar-refractivity contribution in [3.05, 3.63) is 52.3 Å². The number of rotatable bonds is 4. The van der Waals surface area contributed by atoms with Gasteiger partial charge in [0.2, 0.25) is 5.91 Å². The van der Waals surface area contributed by atoms with E-state index in [1.807, 2.05) is 29.2 Å². The smallest absolute Gasteiger partial charge is 0.339 e. The van der Waals surface area contributed by atoms with Crippen LogP contribution in [0, 0.1) is 6.92 Å². The monoisotopic (exact) mass is 387 g/mol. The van der Waals surface area contributed by atoms with E-state index in [9.17, 15) is 14.7 Å². The lowest BCUT2D eigenvalue weighted by molar-refractivity contribution is -0.135. The van der Waals surface area contributed by atoms with Crippen molar-refractivity contribution >= 4 is 23.5 Å². The molecule has 1 N–H and O–H groups in total. The number of carboxylic acids is 1. The topological polar surface area (TPSA) is 75.4 Å². The fraction of sp³-hybridized carbons (Fsp3) is 0.450. The molecule has 7 heteroatoms. The second-order valence-electron chi connectivity index (χ2n) is 7.51. The molecule has 1 saturated carbocycles. The predicted octanol–water partition coefficient (Wildman–Crippen LogP) is 3.44. The van der Waals surface area contributed by atoms with Crippen LogP contribution < -0.4 is 0 Å². The summed E-state index contributed by atoms with van der Waals surface area (Å²) in [5.74, 6) is -0.768. The van der Waals surface area contributed by atoms with Crippen LogP contribution in [-0.4, -0.2) is 44.8 Å². The summed E-state index contributed by atoms with van der Waals surface area (Å²) in [5, 5.41) is 14.1. The van der Waals surface area contributed by atoms with Crippen LogP contribution in [0.3, 0.4) is 0 Å². The number of carbonyl (C=O) groups is 2. The molecule has 6 nitrogen and oxygen atoms in total. The zero-order valence-corrected chi connectivity index (χ0v) is 15.9. The predicted molar refractivity (Wildman–Crippen MR) is 101 cm³/mol. The van der Waals surface area contributed by atoms with Gasteiger partial charge >= 0.3 is 5.97 Å². The van der Waals surface area contributed by atoms with E-state index in [-0.39, 0.29) is 17.5 Å². The van der Waals surface area contributed by atoms with E-state index in [1.54, 1.807) is 11.6 Å². The van der Waals surface area contributed by atoms with E-state index >= 15 is 0 Å². The van der Waals surface area contributed by atoms with E-state index in [2.05, 4.69) is 5.10 Å². The summed E-state index contributed by atoms with van der Waals surface area (Å²) >= 11 is 6.12. The zero-order chi connectivity index (χ0) is 19.2. The Balaban J connectivity index is 1.45. The van der Waals surface area contributed by atoms with E-state index < -0.39 is 11.4 Å². The summed E-state index contributed by atoms with van der Waals surface area (Å²) in [6.45, 7) is 3.10. The van der Waals surface area contributed by atoms with Crippen LogP contribution in [-0.2, 0) is 10.2 Å². The molecule has 2 heterocycles. The van der Waals surface area contributed by atoms with E-state index in [1.165, 1.54) is 6.20 Å². The second kappa shape index (κ2) is 6.68. The summed E-state index contributed by atoms with van der Waals surface area (Å²) in [6, 6.07) is 7.75. The Kier molecular flexibility index (Phi) is 4.46. The molecule has 1 aromatic carbocycles. The van der Waals surface area contributed by atoms with Gasteiger partial charge in [-0.05, 0) is 50.3 Å². The molecule has 2 aromatic rings. The lowest BCUT2D eigenvalue weighted by atomic mass is 9.93. The normalized spacial score (nSPS) is 19.1. The Bertz CT molecular complexity index is 896. The molecule has 4 rings (SSSR count). The number of amides is 1. The molecule has 1 aliphatic carbocycles. The number of benzene rings is 1. The number of aromatic nitrogens is 2. The van der Waals surface area contributed by atoms with Crippen LogP contribution in [0.4, 0.5) is 0 Å². The third kappa shape index (κ3) is 3.12. The van der Waals surface area contributed by atoms with Gasteiger partial charge in [-0.1, -0.05) is 23.7 Å². The summed E-state index contributed by atoms with van der Waals surface area (Å²) < 4.78 is 1.80. The van der Waals surface area contributed by atoms with Gasteiger partial charge in [0.15, 0.2) is 0 Å². The van der Waals surface area contributed by atoms with Crippen LogP contribution in [0.15, 0.2) is 30.5 Å². The Labute approximate surface area is 162 Å². The fourth-order valence-electron chi connectivity index (χ4n) is 4.15. The van der Waals surface area contributed by atoms with E-state index in [0.717, 1.165) is 31.2 Å². The highest BCUT2D eigenvalue weighted by atomic mass is 35.5. The maximum Gasteiger partial charge on any atom is 0.339 e. The number of piperidine rings is 1. The molecular weight excluding hydrogens is 366 g/mol. The summed E-state index contributed by atoms with van der Waals surface area (Å²) in [7, 11) is 0. The van der Waals surface area contributed by atoms with Gasteiger partial charge in [-0.3, -0.25) is 9.48 Å². The molecule has 1 aromatic heterocycles. The number of aromatic carboxylic acids is 1. The summed E-state index contributed by atoms with van der Waals surface area (Å²) in [6.07, 6.45) is 4.70. The molecule has 2 aliphatic rings. The van der Waals surface area contributed by atoms with Crippen LogP contribution in [0.2, 0.25) is 5.02 Å². The average Bonchev–Trinajstić information content (AvgIpc) is 3.38. The van der Waals surface area contributed by atoms with Crippen molar-refractivity contribution in [3.8, 4) is 0 Å². The molecule has 142 valence electrons. The van der Waals surface area contributed by atoms with Crippen molar-refractivity contribution in [2.45, 2.75) is 44.1 Å². The van der Waals surface area contributed by atoms with Gasteiger partial charge in [-0.15, -0.1) is 0 Å². The standard InChI is InChI=1S/C20H22ClN3O3/c1-13-17(18(25)26)12-22-24(13)16-5-9-23(10-6-16)19(27)20(7-8-20)14-3-2-4-15(21)11-14/h2-4,11-12,16H,5-10H2,1H3,(H,25,26). The molecule has 0 unspecified atom stereocenters. The first-order valence-electron chi connectivity index (χ1n) is 9.25. The van der Waals surface area contributed by atoms with E-state index in [0.29, 0.717) is 23.8 Å². The highest BCUT2D eigenvalue weighted by Gasteiger charge is 2.53. The zero-order valence-electron chi connectivity index (χ0n) is 15.2. The highest BCUT2D eigenvalue weighted by Crippen LogP contribution is 2.50. The van der Waals surface area contributed by atoms with Gasteiger partial charge in [0.25, 0.3) is 0 Å². The van der Waals surface area contributed by atoms with Crippen molar-refractivity contribution in [3.63, 3.8) is 0 Å². The van der Waals surface area contributed by atoms with Gasteiger partial charge < -0.3 is 10.0 Å². The molecule has 0 spiro atoms. The molecular formula is C20H22ClN3O3. The molecule has 0 radical (unpaired) electrons. The van der Waals surface area contributed by atoms with Crippen LogP contribution >= 0.6 is 11.6 Å². The fourth-order valence-corrected chi connectivity index (χ4v) is 4.35. The van der Waals surface area contributed by atoms with Gasteiger partial charge in [0.1, 0.15) is 5.56 Å². The molecule has 2 fully saturated rings. The van der Waals surface area contributed by atoms with Crippen LogP contribution in [0.25, 0.3) is 0 Å². The maximum atomic E-state index is 13.2. The van der Waals surface area contributed by atoms with Gasteiger partial charge in [0.05, 0.1) is 23.3 Å². The lowest BCUT2D eigenvalue weighted by Crippen LogP contribution is -2.44. The SMILES string of the molecule is Cc1c(C(=O)O)cnn1C1CCN(C(=O)C2(c3cccc(Cl)c3)CC2)CC1. The molecule has 1 amide bonds. The minimum Gasteiger partial charge on any atom is -0.478 e. The van der Waals surface area contributed by atoms with Crippen molar-refractivity contribution in [2.24, 2.45) is 0 Å². The largest absolute Gasteiger partial charge is 0.478 e. The summed E-state index contributed by atoms with van der Waals surface area (Å²) in [5.41, 5.74) is 1.52. The number of hydrogen-bond donors (Lipinski definition) is 1. The van der Waals surface area contributed by atoms with Crippen molar-refractivity contribution in [2.75, 3.05) is 13.1 Å². The minimum atomic E-state index is -0.955. The van der Waals surface area contributed by atoms with Crippen molar-refractivity contribution < 1.29 is 14.7 Å². The number of likely N-dealkylation sites (tertiary alicyclic amines) is 1. The van der Waals surface area contributed by atoms with Crippen molar-refractivity contribution in [1.29, 1.82) is 0 Å². The van der Waals surface area contributed by atoms with Crippen LogP contribution in [0.5, 0.6) is 0 Å². The lowest BCUT2D eigenvalue weighted by Gasteiger charge is -2.35. The number of carbonyl (C=O) groups excluding carboxylic acids is 1.